The van der Waals surface area contributed by atoms with E-state index in [4.69, 9.17) is 10.2 Å². The smallest absolute Gasteiger partial charge is 0.328 e. The monoisotopic (exact) mass is 230 g/mol. The number of nitrogens with zero attached hydrogens (tertiary/aromatic N) is 1. The summed E-state index contributed by atoms with van der Waals surface area (Å²) in [4.78, 5) is 24.1. The van der Waals surface area contributed by atoms with E-state index in [1.807, 2.05) is 0 Å². The lowest BCUT2D eigenvalue weighted by molar-refractivity contribution is -0.143. The number of aliphatic hydroxyl groups excluding tert-OH is 1. The summed E-state index contributed by atoms with van der Waals surface area (Å²) in [5, 5.41) is 19.6. The number of aliphatic carboxylic acids is 1. The second kappa shape index (κ2) is 6.44. The van der Waals surface area contributed by atoms with Crippen molar-refractivity contribution in [2.24, 2.45) is 0 Å². The molecule has 0 aliphatic carbocycles. The third-order valence-electron chi connectivity index (χ3n) is 2.67. The molecule has 0 aromatic carbocycles. The Morgan fingerprint density at radius 2 is 1.94 bits per heavy atom. The van der Waals surface area contributed by atoms with Crippen LogP contribution in [0.15, 0.2) is 0 Å². The van der Waals surface area contributed by atoms with Gasteiger partial charge in [-0.3, -0.25) is 4.79 Å². The summed E-state index contributed by atoms with van der Waals surface area (Å²) < 4.78 is 0. The van der Waals surface area contributed by atoms with Gasteiger partial charge < -0.3 is 20.4 Å². The minimum absolute atomic E-state index is 0.282. The Morgan fingerprint density at radius 3 is 2.44 bits per heavy atom. The summed E-state index contributed by atoms with van der Waals surface area (Å²) in [6.45, 7) is 2.10. The lowest BCUT2D eigenvalue weighted by Gasteiger charge is -2.15. The van der Waals surface area contributed by atoms with Crippen molar-refractivity contribution < 1.29 is 19.8 Å². The fourth-order valence-corrected chi connectivity index (χ4v) is 1.72. The van der Waals surface area contributed by atoms with Crippen LogP contribution in [0.4, 0.5) is 0 Å². The Labute approximate surface area is 94.2 Å². The average molecular weight is 230 g/mol. The summed E-state index contributed by atoms with van der Waals surface area (Å²) in [5.74, 6) is -1.54. The number of hydrogen-bond acceptors (Lipinski definition) is 4. The molecule has 1 saturated heterocycles. The molecule has 0 unspecified atom stereocenters. The van der Waals surface area contributed by atoms with Crippen molar-refractivity contribution in [2.45, 2.75) is 25.3 Å². The zero-order valence-electron chi connectivity index (χ0n) is 9.19. The van der Waals surface area contributed by atoms with Gasteiger partial charge in [0.1, 0.15) is 6.04 Å². The molecule has 0 saturated carbocycles. The molecule has 1 amide bonds. The maximum Gasteiger partial charge on any atom is 0.328 e. The van der Waals surface area contributed by atoms with Gasteiger partial charge in [-0.25, -0.2) is 4.79 Å². The van der Waals surface area contributed by atoms with Gasteiger partial charge in [0, 0.05) is 13.0 Å². The van der Waals surface area contributed by atoms with E-state index in [0.717, 1.165) is 25.9 Å². The normalized spacial score (nSPS) is 18.3. The van der Waals surface area contributed by atoms with Crippen LogP contribution in [0.2, 0.25) is 0 Å². The first kappa shape index (κ1) is 12.9. The molecule has 6 nitrogen and oxygen atoms in total. The van der Waals surface area contributed by atoms with Gasteiger partial charge in [-0.15, -0.1) is 0 Å². The van der Waals surface area contributed by atoms with E-state index < -0.39 is 18.6 Å². The van der Waals surface area contributed by atoms with Gasteiger partial charge in [0.2, 0.25) is 5.91 Å². The van der Waals surface area contributed by atoms with Crippen molar-refractivity contribution in [3.8, 4) is 0 Å². The molecule has 92 valence electrons. The number of aliphatic hydroxyl groups is 1. The van der Waals surface area contributed by atoms with Crippen molar-refractivity contribution in [3.63, 3.8) is 0 Å². The molecule has 0 spiro atoms. The first-order valence-corrected chi connectivity index (χ1v) is 5.49. The van der Waals surface area contributed by atoms with Crippen LogP contribution in [0.3, 0.4) is 0 Å². The second-order valence-corrected chi connectivity index (χ2v) is 3.94. The summed E-state index contributed by atoms with van der Waals surface area (Å²) in [6, 6.07) is -1.19. The van der Waals surface area contributed by atoms with E-state index in [0.29, 0.717) is 6.54 Å². The summed E-state index contributed by atoms with van der Waals surface area (Å²) >= 11 is 0. The van der Waals surface area contributed by atoms with E-state index in [1.54, 1.807) is 0 Å². The third-order valence-corrected chi connectivity index (χ3v) is 2.67. The van der Waals surface area contributed by atoms with Gasteiger partial charge in [-0.2, -0.15) is 0 Å². The number of carboxylic acids is 1. The molecule has 3 N–H and O–H groups in total. The average Bonchev–Trinajstić information content (AvgIpc) is 2.75. The minimum Gasteiger partial charge on any atom is -0.480 e. The molecule has 1 heterocycles. The highest BCUT2D eigenvalue weighted by Gasteiger charge is 2.19. The molecule has 1 aliphatic heterocycles. The molecule has 0 bridgehead atoms. The fourth-order valence-electron chi connectivity index (χ4n) is 1.72. The van der Waals surface area contributed by atoms with Crippen LogP contribution in [-0.4, -0.2) is 59.3 Å². The first-order valence-electron chi connectivity index (χ1n) is 5.49. The molecular formula is C10H18N2O4. The van der Waals surface area contributed by atoms with Crippen molar-refractivity contribution >= 4 is 11.9 Å². The first-order chi connectivity index (χ1) is 7.63. The van der Waals surface area contributed by atoms with E-state index in [9.17, 15) is 9.59 Å². The number of amides is 1. The lowest BCUT2D eigenvalue weighted by atomic mass is 10.3. The summed E-state index contributed by atoms with van der Waals surface area (Å²) in [7, 11) is 0. The standard InChI is InChI=1S/C10H18N2O4/c13-7-8(10(15)16)11-9(14)3-6-12-4-1-2-5-12/h8,13H,1-7H2,(H,11,14)(H,15,16)/t8-/m1/s1. The number of carbonyl (C=O) groups excluding carboxylic acids is 1. The van der Waals surface area contributed by atoms with Crippen LogP contribution in [-0.2, 0) is 9.59 Å². The topological polar surface area (TPSA) is 89.9 Å². The quantitative estimate of drug-likeness (QED) is 0.546. The molecule has 16 heavy (non-hydrogen) atoms. The van der Waals surface area contributed by atoms with Crippen LogP contribution < -0.4 is 5.32 Å². The number of hydrogen-bond donors (Lipinski definition) is 3. The van der Waals surface area contributed by atoms with Gasteiger partial charge in [-0.1, -0.05) is 0 Å². The molecule has 0 radical (unpaired) electrons. The Bertz CT molecular complexity index is 251. The molecule has 0 aromatic rings. The highest BCUT2D eigenvalue weighted by Crippen LogP contribution is 2.07. The number of rotatable bonds is 6. The second-order valence-electron chi connectivity index (χ2n) is 3.94. The third kappa shape index (κ3) is 4.16. The van der Waals surface area contributed by atoms with Crippen molar-refractivity contribution in [1.29, 1.82) is 0 Å². The Balaban J connectivity index is 2.21. The van der Waals surface area contributed by atoms with Crippen molar-refractivity contribution in [3.05, 3.63) is 0 Å². The summed E-state index contributed by atoms with van der Waals surface area (Å²) in [6.07, 6.45) is 2.61. The predicted octanol–water partition coefficient (Wildman–Crippen LogP) is -0.966. The van der Waals surface area contributed by atoms with Crippen LogP contribution in [0.25, 0.3) is 0 Å². The van der Waals surface area contributed by atoms with Crippen molar-refractivity contribution in [2.75, 3.05) is 26.2 Å². The molecule has 1 rings (SSSR count). The van der Waals surface area contributed by atoms with Crippen LogP contribution >= 0.6 is 0 Å². The number of carboxylic acid groups (broad SMARTS) is 1. The van der Waals surface area contributed by atoms with Gasteiger partial charge in [0.05, 0.1) is 6.61 Å². The Hall–Kier alpha value is -1.14. The van der Waals surface area contributed by atoms with Gasteiger partial charge in [0.15, 0.2) is 0 Å². The van der Waals surface area contributed by atoms with Crippen LogP contribution in [0.1, 0.15) is 19.3 Å². The highest BCUT2D eigenvalue weighted by molar-refractivity contribution is 5.83. The molecule has 0 aromatic heterocycles. The molecule has 1 aliphatic rings. The maximum absolute atomic E-state index is 11.4. The van der Waals surface area contributed by atoms with E-state index in [1.165, 1.54) is 0 Å². The van der Waals surface area contributed by atoms with Crippen LogP contribution in [0, 0.1) is 0 Å². The Morgan fingerprint density at radius 1 is 1.31 bits per heavy atom. The van der Waals surface area contributed by atoms with Gasteiger partial charge >= 0.3 is 5.97 Å². The minimum atomic E-state index is -1.21. The van der Waals surface area contributed by atoms with E-state index >= 15 is 0 Å². The lowest BCUT2D eigenvalue weighted by Crippen LogP contribution is -2.44. The van der Waals surface area contributed by atoms with Gasteiger partial charge in [-0.05, 0) is 25.9 Å². The van der Waals surface area contributed by atoms with Crippen LogP contribution in [0.5, 0.6) is 0 Å². The Kier molecular flexibility index (Phi) is 5.21. The molecule has 6 heteroatoms. The largest absolute Gasteiger partial charge is 0.480 e. The van der Waals surface area contributed by atoms with Crippen molar-refractivity contribution in [1.82, 2.24) is 10.2 Å². The number of carbonyl (C=O) groups is 2. The van der Waals surface area contributed by atoms with Gasteiger partial charge in [0.25, 0.3) is 0 Å². The number of nitrogens with one attached hydrogen (secondary N) is 1. The fraction of sp³-hybridized carbons (Fsp3) is 0.800. The molecular weight excluding hydrogens is 212 g/mol. The SMILES string of the molecule is O=C(CCN1CCCC1)N[C@H](CO)C(=O)O. The highest BCUT2D eigenvalue weighted by atomic mass is 16.4. The molecule has 1 fully saturated rings. The zero-order chi connectivity index (χ0) is 12.0. The van der Waals surface area contributed by atoms with E-state index in [-0.39, 0.29) is 12.3 Å². The predicted molar refractivity (Wildman–Crippen MR) is 56.9 cm³/mol. The zero-order valence-corrected chi connectivity index (χ0v) is 9.19. The van der Waals surface area contributed by atoms with E-state index in [2.05, 4.69) is 10.2 Å². The number of likely N-dealkylation sites (tertiary alicyclic amines) is 1. The summed E-state index contributed by atoms with van der Waals surface area (Å²) in [5.41, 5.74) is 0. The maximum atomic E-state index is 11.4. The molecule has 1 atom stereocenters.